The minimum atomic E-state index is -4.87. The van der Waals surface area contributed by atoms with E-state index in [2.05, 4.69) is 13.8 Å². The lowest BCUT2D eigenvalue weighted by Gasteiger charge is -2.50. The van der Waals surface area contributed by atoms with Crippen molar-refractivity contribution >= 4 is 23.2 Å². The first-order valence-corrected chi connectivity index (χ1v) is 14.7. The molecule has 240 valence electrons. The lowest BCUT2D eigenvalue weighted by Crippen LogP contribution is -2.65. The predicted octanol–water partition coefficient (Wildman–Crippen LogP) is 2.85. The first-order valence-electron chi connectivity index (χ1n) is 14.7. The molecule has 4 aliphatic rings. The van der Waals surface area contributed by atoms with Crippen LogP contribution in [0, 0.1) is 23.7 Å². The summed E-state index contributed by atoms with van der Waals surface area (Å²) in [7, 11) is 2.90. The van der Waals surface area contributed by atoms with Gasteiger partial charge in [-0.25, -0.2) is 0 Å². The van der Waals surface area contributed by atoms with Gasteiger partial charge in [-0.1, -0.05) is 13.8 Å². The summed E-state index contributed by atoms with van der Waals surface area (Å²) in [6, 6.07) is -0.370. The number of likely N-dealkylation sites (N-methyl/N-ethyl adjacent to an activating group) is 1. The van der Waals surface area contributed by atoms with Crippen LogP contribution in [0.4, 0.5) is 13.2 Å². The third kappa shape index (κ3) is 4.80. The van der Waals surface area contributed by atoms with Gasteiger partial charge in [-0.15, -0.1) is 0 Å². The summed E-state index contributed by atoms with van der Waals surface area (Å²) in [5.41, 5.74) is -1.12. The third-order valence-electron chi connectivity index (χ3n) is 10.1. The average molecular weight is 622 g/mol. The molecule has 1 aliphatic heterocycles. The number of aromatic hydroxyl groups is 1. The number of carbonyl (C=O) groups excluding carboxylic acids is 3. The van der Waals surface area contributed by atoms with E-state index in [0.717, 1.165) is 18.9 Å². The molecule has 13 heteroatoms. The largest absolute Gasteiger partial charge is 0.508 e. The van der Waals surface area contributed by atoms with Crippen LogP contribution in [0.3, 0.4) is 0 Å². The van der Waals surface area contributed by atoms with Crippen molar-refractivity contribution in [1.82, 2.24) is 9.80 Å². The van der Waals surface area contributed by atoms with Crippen molar-refractivity contribution in [2.75, 3.05) is 27.2 Å². The Balaban J connectivity index is 1.64. The van der Waals surface area contributed by atoms with Crippen LogP contribution < -0.4 is 5.73 Å². The highest BCUT2D eigenvalue weighted by atomic mass is 19.4. The van der Waals surface area contributed by atoms with Crippen molar-refractivity contribution in [2.45, 2.75) is 63.9 Å². The number of ketones is 2. The molecule has 0 bridgehead atoms. The summed E-state index contributed by atoms with van der Waals surface area (Å²) < 4.78 is 44.4. The Morgan fingerprint density at radius 1 is 1.16 bits per heavy atom. The third-order valence-corrected chi connectivity index (χ3v) is 10.1. The van der Waals surface area contributed by atoms with Gasteiger partial charge in [0.2, 0.25) is 5.78 Å². The topological polar surface area (TPSA) is 165 Å². The van der Waals surface area contributed by atoms with E-state index in [1.807, 2.05) is 4.90 Å². The Hall–Kier alpha value is -3.42. The molecule has 1 amide bonds. The molecule has 5 rings (SSSR count). The fourth-order valence-corrected chi connectivity index (χ4v) is 7.88. The number of hydrogen-bond donors (Lipinski definition) is 5. The van der Waals surface area contributed by atoms with Gasteiger partial charge >= 0.3 is 6.18 Å². The van der Waals surface area contributed by atoms with E-state index < -0.39 is 93.1 Å². The second-order valence-electron chi connectivity index (χ2n) is 13.1. The maximum atomic E-state index is 14.8. The van der Waals surface area contributed by atoms with Gasteiger partial charge in [-0.05, 0) is 87.8 Å². The van der Waals surface area contributed by atoms with E-state index in [9.17, 15) is 48.0 Å². The lowest BCUT2D eigenvalue weighted by atomic mass is 9.57. The fourth-order valence-electron chi connectivity index (χ4n) is 7.88. The van der Waals surface area contributed by atoms with E-state index in [1.165, 1.54) is 19.0 Å². The van der Waals surface area contributed by atoms with Gasteiger partial charge in [0, 0.05) is 18.0 Å². The molecular formula is C31H38F3N3O7. The van der Waals surface area contributed by atoms with Crippen LogP contribution in [0.15, 0.2) is 23.0 Å². The highest BCUT2D eigenvalue weighted by molar-refractivity contribution is 6.24. The molecule has 4 atom stereocenters. The number of halogens is 3. The predicted molar refractivity (Wildman–Crippen MR) is 152 cm³/mol. The van der Waals surface area contributed by atoms with Gasteiger partial charge in [0.1, 0.15) is 22.8 Å². The van der Waals surface area contributed by atoms with Crippen molar-refractivity contribution in [3.8, 4) is 5.75 Å². The molecule has 1 aromatic carbocycles. The number of rotatable bonds is 5. The number of nitrogens with two attached hydrogens (primary N) is 1. The van der Waals surface area contributed by atoms with E-state index in [1.54, 1.807) is 0 Å². The van der Waals surface area contributed by atoms with E-state index >= 15 is 0 Å². The zero-order chi connectivity index (χ0) is 32.6. The Morgan fingerprint density at radius 2 is 1.77 bits per heavy atom. The molecule has 1 saturated carbocycles. The normalized spacial score (nSPS) is 28.5. The molecule has 2 fully saturated rings. The Morgan fingerprint density at radius 3 is 2.30 bits per heavy atom. The van der Waals surface area contributed by atoms with Crippen molar-refractivity contribution in [1.29, 1.82) is 0 Å². The highest BCUT2D eigenvalue weighted by Crippen LogP contribution is 2.54. The number of primary amides is 1. The van der Waals surface area contributed by atoms with Crippen LogP contribution in [0.1, 0.15) is 55.4 Å². The number of fused-ring (bicyclic) bond motifs is 3. The maximum absolute atomic E-state index is 14.8. The molecule has 44 heavy (non-hydrogen) atoms. The molecule has 6 N–H and O–H groups in total. The molecule has 0 aromatic heterocycles. The van der Waals surface area contributed by atoms with Crippen molar-refractivity contribution < 1.29 is 48.0 Å². The molecule has 0 unspecified atom stereocenters. The zero-order valence-electron chi connectivity index (χ0n) is 25.0. The van der Waals surface area contributed by atoms with Crippen LogP contribution in [0.25, 0.3) is 5.76 Å². The monoisotopic (exact) mass is 621 g/mol. The summed E-state index contributed by atoms with van der Waals surface area (Å²) >= 11 is 0. The second kappa shape index (κ2) is 10.9. The smallest absolute Gasteiger partial charge is 0.417 e. The first kappa shape index (κ1) is 32.0. The van der Waals surface area contributed by atoms with Gasteiger partial charge in [-0.2, -0.15) is 13.2 Å². The van der Waals surface area contributed by atoms with Crippen LogP contribution in [-0.4, -0.2) is 86.5 Å². The van der Waals surface area contributed by atoms with E-state index in [-0.39, 0.29) is 24.1 Å². The van der Waals surface area contributed by atoms with Crippen LogP contribution in [0.5, 0.6) is 5.75 Å². The van der Waals surface area contributed by atoms with Crippen molar-refractivity contribution in [3.63, 3.8) is 0 Å². The highest BCUT2D eigenvalue weighted by Gasteiger charge is 2.64. The summed E-state index contributed by atoms with van der Waals surface area (Å²) in [4.78, 5) is 42.5. The second-order valence-corrected chi connectivity index (χ2v) is 13.1. The average Bonchev–Trinajstić information content (AvgIpc) is 2.89. The Labute approximate surface area is 252 Å². The number of carbonyl (C=O) groups is 3. The van der Waals surface area contributed by atoms with Gasteiger partial charge < -0.3 is 26.2 Å². The standard InChI is InChI=1S/C31H38F3N3O7/c1-13(2)14-5-7-37(8-6-14)12-16-11-19(38)21-17(23(16)31(32,33)34)9-15-10-18-24(36(3)4)26(40)22(29(35)43)28(42)30(18,44)27(41)20(15)25(21)39/h11,13-15,18,24,38-39,42,44H,5-10,12H2,1-4H3,(H2,35,43)/t15-,18-,24-,30-/m0/s1. The number of likely N-dealkylation sites (tertiary alicyclic amines) is 1. The number of amides is 1. The summed E-state index contributed by atoms with van der Waals surface area (Å²) in [5, 5.41) is 44.9. The quantitative estimate of drug-likeness (QED) is 0.311. The number of hydrogen-bond acceptors (Lipinski definition) is 9. The Kier molecular flexibility index (Phi) is 7.91. The van der Waals surface area contributed by atoms with Gasteiger partial charge in [-0.3, -0.25) is 24.2 Å². The molecule has 1 saturated heterocycles. The molecular weight excluding hydrogens is 583 g/mol. The minimum Gasteiger partial charge on any atom is -0.508 e. The molecule has 10 nitrogen and oxygen atoms in total. The minimum absolute atomic E-state index is 0.0738. The lowest BCUT2D eigenvalue weighted by molar-refractivity contribution is -0.153. The number of nitrogens with zero attached hydrogens (tertiary/aromatic N) is 2. The van der Waals surface area contributed by atoms with Crippen molar-refractivity contribution in [2.24, 2.45) is 29.4 Å². The number of phenols is 1. The van der Waals surface area contributed by atoms with Crippen LogP contribution >= 0.6 is 0 Å². The maximum Gasteiger partial charge on any atom is 0.417 e. The Bertz CT molecular complexity index is 1490. The number of alkyl halides is 3. The number of benzene rings is 1. The number of aliphatic hydroxyl groups is 3. The summed E-state index contributed by atoms with van der Waals surface area (Å²) in [6.07, 6.45) is -3.93. The van der Waals surface area contributed by atoms with E-state index in [4.69, 9.17) is 5.73 Å². The first-order chi connectivity index (χ1) is 20.4. The van der Waals surface area contributed by atoms with Crippen LogP contribution in [0.2, 0.25) is 0 Å². The van der Waals surface area contributed by atoms with Crippen LogP contribution in [-0.2, 0) is 33.5 Å². The summed E-state index contributed by atoms with van der Waals surface area (Å²) in [6.45, 7) is 5.35. The zero-order valence-corrected chi connectivity index (χ0v) is 25.0. The number of piperidine rings is 1. The molecule has 1 heterocycles. The SMILES string of the molecule is CC(C)C1CCN(Cc2cc(O)c3c(c2C(F)(F)F)C[C@H]2C[C@H]4[C@H](N(C)C)C(=O)C(C(N)=O)=C(O)[C@@]4(O)C(=O)C2=C3O)CC1. The summed E-state index contributed by atoms with van der Waals surface area (Å²) in [5.74, 6) is -8.00. The molecule has 3 aliphatic carbocycles. The number of aliphatic hydroxyl groups excluding tert-OH is 2. The van der Waals surface area contributed by atoms with Gasteiger partial charge in [0.25, 0.3) is 5.91 Å². The fraction of sp³-hybridized carbons (Fsp3) is 0.581. The van der Waals surface area contributed by atoms with E-state index in [0.29, 0.717) is 24.9 Å². The van der Waals surface area contributed by atoms with Gasteiger partial charge in [0.05, 0.1) is 17.2 Å². The van der Waals surface area contributed by atoms with Crippen molar-refractivity contribution in [3.05, 3.63) is 45.2 Å². The molecule has 0 radical (unpaired) electrons. The number of phenolic OH excluding ortho intramolecular Hbond substituents is 1. The number of Topliss-reactive ketones (excluding diaryl/α,β-unsaturated/α-hetero) is 2. The molecule has 1 aromatic rings. The van der Waals surface area contributed by atoms with Gasteiger partial charge in [0.15, 0.2) is 11.4 Å². The molecule has 0 spiro atoms.